The number of fused-ring (bicyclic) bond motifs is 1. The monoisotopic (exact) mass is 269 g/mol. The second-order valence-corrected chi connectivity index (χ2v) is 6.59. The van der Waals surface area contributed by atoms with Gasteiger partial charge in [-0.3, -0.25) is 4.90 Å². The summed E-state index contributed by atoms with van der Waals surface area (Å²) in [6, 6.07) is -0.673. The Morgan fingerprint density at radius 2 is 1.84 bits per heavy atom. The van der Waals surface area contributed by atoms with Crippen LogP contribution in [0, 0.1) is 5.92 Å². The highest BCUT2D eigenvalue weighted by Gasteiger charge is 2.48. The molecule has 1 aliphatic heterocycles. The molecule has 19 heavy (non-hydrogen) atoms. The van der Waals surface area contributed by atoms with E-state index in [9.17, 15) is 14.7 Å². The molecule has 0 radical (unpaired) electrons. The zero-order chi connectivity index (χ0) is 14.2. The van der Waals surface area contributed by atoms with Crippen LogP contribution in [0.4, 0.5) is 4.79 Å². The van der Waals surface area contributed by atoms with Crippen LogP contribution in [0.15, 0.2) is 0 Å². The average Bonchev–Trinajstić information content (AvgIpc) is 2.65. The van der Waals surface area contributed by atoms with E-state index in [1.54, 1.807) is 20.8 Å². The lowest BCUT2D eigenvalue weighted by Gasteiger charge is -2.34. The predicted molar refractivity (Wildman–Crippen MR) is 69.9 cm³/mol. The van der Waals surface area contributed by atoms with Gasteiger partial charge in [-0.2, -0.15) is 0 Å². The van der Waals surface area contributed by atoms with E-state index in [1.807, 2.05) is 0 Å². The number of carboxylic acids is 1. The summed E-state index contributed by atoms with van der Waals surface area (Å²) in [5.41, 5.74) is -0.590. The lowest BCUT2D eigenvalue weighted by Crippen LogP contribution is -2.48. The van der Waals surface area contributed by atoms with Crippen molar-refractivity contribution in [1.82, 2.24) is 4.90 Å². The molecule has 1 aliphatic carbocycles. The topological polar surface area (TPSA) is 66.8 Å². The Kier molecular flexibility index (Phi) is 3.74. The molecule has 0 bridgehead atoms. The van der Waals surface area contributed by atoms with Crippen LogP contribution >= 0.6 is 0 Å². The van der Waals surface area contributed by atoms with E-state index in [-0.39, 0.29) is 6.04 Å². The molecule has 0 unspecified atom stereocenters. The van der Waals surface area contributed by atoms with Crippen LogP contribution in [-0.4, -0.2) is 39.8 Å². The first-order valence-electron chi connectivity index (χ1n) is 7.04. The number of hydrogen-bond acceptors (Lipinski definition) is 3. The molecule has 3 atom stereocenters. The largest absolute Gasteiger partial charge is 0.480 e. The lowest BCUT2D eigenvalue weighted by atomic mass is 9.85. The molecule has 0 aromatic heterocycles. The van der Waals surface area contributed by atoms with Gasteiger partial charge in [0.2, 0.25) is 0 Å². The second-order valence-electron chi connectivity index (χ2n) is 6.59. The third kappa shape index (κ3) is 3.01. The first-order valence-corrected chi connectivity index (χ1v) is 7.04. The summed E-state index contributed by atoms with van der Waals surface area (Å²) in [5.74, 6) is -0.595. The fourth-order valence-corrected chi connectivity index (χ4v) is 3.26. The van der Waals surface area contributed by atoms with Crippen molar-refractivity contribution in [3.8, 4) is 0 Å². The number of nitrogens with zero attached hydrogens (tertiary/aromatic N) is 1. The molecule has 2 fully saturated rings. The van der Waals surface area contributed by atoms with Crippen molar-refractivity contribution in [1.29, 1.82) is 0 Å². The van der Waals surface area contributed by atoms with E-state index >= 15 is 0 Å². The van der Waals surface area contributed by atoms with Crippen molar-refractivity contribution in [2.75, 3.05) is 0 Å². The number of carbonyl (C=O) groups excluding carboxylic acids is 1. The minimum absolute atomic E-state index is 0.0460. The van der Waals surface area contributed by atoms with Gasteiger partial charge in [-0.1, -0.05) is 12.8 Å². The Morgan fingerprint density at radius 3 is 2.42 bits per heavy atom. The van der Waals surface area contributed by atoms with E-state index in [4.69, 9.17) is 4.74 Å². The second kappa shape index (κ2) is 5.02. The maximum atomic E-state index is 12.3. The summed E-state index contributed by atoms with van der Waals surface area (Å²) in [7, 11) is 0. The highest BCUT2D eigenvalue weighted by molar-refractivity contribution is 5.81. The van der Waals surface area contributed by atoms with Gasteiger partial charge < -0.3 is 9.84 Å². The van der Waals surface area contributed by atoms with Gasteiger partial charge in [0, 0.05) is 6.04 Å². The summed E-state index contributed by atoms with van der Waals surface area (Å²) in [6.45, 7) is 5.40. The van der Waals surface area contributed by atoms with E-state index in [0.29, 0.717) is 12.3 Å². The normalized spacial score (nSPS) is 30.9. The fourth-order valence-electron chi connectivity index (χ4n) is 3.26. The third-order valence-corrected chi connectivity index (χ3v) is 3.98. The van der Waals surface area contributed by atoms with Gasteiger partial charge in [0.05, 0.1) is 0 Å². The molecule has 1 saturated carbocycles. The minimum Gasteiger partial charge on any atom is -0.480 e. The highest BCUT2D eigenvalue weighted by atomic mass is 16.6. The number of ether oxygens (including phenoxy) is 1. The lowest BCUT2D eigenvalue weighted by molar-refractivity contribution is -0.142. The van der Waals surface area contributed by atoms with Crippen LogP contribution in [0.2, 0.25) is 0 Å². The molecule has 5 heteroatoms. The molecule has 0 aromatic rings. The van der Waals surface area contributed by atoms with Crippen molar-refractivity contribution < 1.29 is 19.4 Å². The molecule has 5 nitrogen and oxygen atoms in total. The number of rotatable bonds is 1. The summed E-state index contributed by atoms with van der Waals surface area (Å²) in [6.07, 6.45) is 4.21. The van der Waals surface area contributed by atoms with Crippen molar-refractivity contribution in [3.05, 3.63) is 0 Å². The molecular formula is C14H23NO4. The Bertz CT molecular complexity index is 374. The molecule has 1 amide bonds. The van der Waals surface area contributed by atoms with E-state index < -0.39 is 23.7 Å². The van der Waals surface area contributed by atoms with E-state index in [2.05, 4.69) is 0 Å². The predicted octanol–water partition coefficient (Wildman–Crippen LogP) is 2.64. The number of hydrogen-bond donors (Lipinski definition) is 1. The van der Waals surface area contributed by atoms with Crippen LogP contribution in [-0.2, 0) is 9.53 Å². The Hall–Kier alpha value is -1.26. The zero-order valence-electron chi connectivity index (χ0n) is 11.9. The van der Waals surface area contributed by atoms with Crippen molar-refractivity contribution in [2.45, 2.75) is 70.6 Å². The molecule has 108 valence electrons. The number of carboxylic acid groups (broad SMARTS) is 1. The van der Waals surface area contributed by atoms with Crippen LogP contribution in [0.3, 0.4) is 0 Å². The van der Waals surface area contributed by atoms with Crippen LogP contribution in [0.25, 0.3) is 0 Å². The van der Waals surface area contributed by atoms with E-state index in [0.717, 1.165) is 25.7 Å². The van der Waals surface area contributed by atoms with Gasteiger partial charge in [-0.05, 0) is 46.0 Å². The SMILES string of the molecule is CC(C)(C)OC(=O)N1[C@@H](C(=O)O)C[C@H]2CCCC[C@H]21. The first kappa shape index (κ1) is 14.2. The quantitative estimate of drug-likeness (QED) is 0.794. The minimum atomic E-state index is -0.916. The molecule has 1 heterocycles. The van der Waals surface area contributed by atoms with Gasteiger partial charge in [0.25, 0.3) is 0 Å². The summed E-state index contributed by atoms with van der Waals surface area (Å²) in [5, 5.41) is 9.33. The standard InChI is InChI=1S/C14H23NO4/c1-14(2,3)19-13(18)15-10-7-5-4-6-9(10)8-11(15)12(16)17/h9-11H,4-8H2,1-3H3,(H,16,17)/t9-,10-,11-/m1/s1. The van der Waals surface area contributed by atoms with Gasteiger partial charge in [-0.25, -0.2) is 9.59 Å². The third-order valence-electron chi connectivity index (χ3n) is 3.98. The number of aliphatic carboxylic acids is 1. The summed E-state index contributed by atoms with van der Waals surface area (Å²) in [4.78, 5) is 25.1. The van der Waals surface area contributed by atoms with E-state index in [1.165, 1.54) is 4.90 Å². The Morgan fingerprint density at radius 1 is 1.21 bits per heavy atom. The van der Waals surface area contributed by atoms with Crippen molar-refractivity contribution in [2.24, 2.45) is 5.92 Å². The molecule has 2 rings (SSSR count). The van der Waals surface area contributed by atoms with Crippen molar-refractivity contribution >= 4 is 12.1 Å². The Labute approximate surface area is 113 Å². The molecule has 2 aliphatic rings. The summed E-state index contributed by atoms with van der Waals surface area (Å²) >= 11 is 0. The fraction of sp³-hybridized carbons (Fsp3) is 0.857. The van der Waals surface area contributed by atoms with Gasteiger partial charge in [0.15, 0.2) is 0 Å². The number of likely N-dealkylation sites (tertiary alicyclic amines) is 1. The smallest absolute Gasteiger partial charge is 0.411 e. The number of amides is 1. The maximum Gasteiger partial charge on any atom is 0.411 e. The molecule has 1 N–H and O–H groups in total. The van der Waals surface area contributed by atoms with Crippen molar-refractivity contribution in [3.63, 3.8) is 0 Å². The zero-order valence-corrected chi connectivity index (χ0v) is 11.9. The molecular weight excluding hydrogens is 246 g/mol. The Balaban J connectivity index is 2.17. The van der Waals surface area contributed by atoms with Gasteiger partial charge >= 0.3 is 12.1 Å². The molecule has 0 spiro atoms. The van der Waals surface area contributed by atoms with Crippen LogP contribution in [0.1, 0.15) is 52.9 Å². The first-order chi connectivity index (χ1) is 8.79. The summed E-state index contributed by atoms with van der Waals surface area (Å²) < 4.78 is 5.37. The van der Waals surface area contributed by atoms with Gasteiger partial charge in [0.1, 0.15) is 11.6 Å². The highest BCUT2D eigenvalue weighted by Crippen LogP contribution is 2.40. The van der Waals surface area contributed by atoms with Crippen LogP contribution in [0.5, 0.6) is 0 Å². The van der Waals surface area contributed by atoms with Gasteiger partial charge in [-0.15, -0.1) is 0 Å². The number of carbonyl (C=O) groups is 2. The molecule has 0 aromatic carbocycles. The molecule has 1 saturated heterocycles. The maximum absolute atomic E-state index is 12.3. The van der Waals surface area contributed by atoms with Crippen LogP contribution < -0.4 is 0 Å². The average molecular weight is 269 g/mol.